The first kappa shape index (κ1) is 17.5. The van der Waals surface area contributed by atoms with E-state index in [1.54, 1.807) is 32.7 Å². The molecule has 0 amide bonds. The van der Waals surface area contributed by atoms with Crippen LogP contribution in [0.3, 0.4) is 0 Å². The van der Waals surface area contributed by atoms with Gasteiger partial charge in [0.15, 0.2) is 17.5 Å². The third-order valence-electron chi connectivity index (χ3n) is 4.18. The summed E-state index contributed by atoms with van der Waals surface area (Å²) in [4.78, 5) is 10.7. The highest BCUT2D eigenvalue weighted by Gasteiger charge is 2.23. The molecule has 4 rings (SSSR count). The number of pyridine rings is 1. The number of ether oxygens (including phenoxy) is 2. The number of benzene rings is 1. The summed E-state index contributed by atoms with van der Waals surface area (Å²) in [5.74, 6) is 3.47. The molecule has 10 heteroatoms. The number of anilines is 5. The summed E-state index contributed by atoms with van der Waals surface area (Å²) < 4.78 is 10.5. The summed E-state index contributed by atoms with van der Waals surface area (Å²) in [5.41, 5.74) is 4.47. The highest BCUT2D eigenvalue weighted by atomic mass is 16.5. The minimum atomic E-state index is 0.267. The van der Waals surface area contributed by atoms with E-state index in [-0.39, 0.29) is 5.95 Å². The van der Waals surface area contributed by atoms with E-state index in [9.17, 15) is 0 Å². The Morgan fingerprint density at radius 3 is 2.86 bits per heavy atom. The van der Waals surface area contributed by atoms with Gasteiger partial charge in [-0.3, -0.25) is 0 Å². The lowest BCUT2D eigenvalue weighted by atomic mass is 10.2. The zero-order valence-corrected chi connectivity index (χ0v) is 15.5. The van der Waals surface area contributed by atoms with Crippen LogP contribution in [-0.2, 0) is 0 Å². The fourth-order valence-corrected chi connectivity index (χ4v) is 2.75. The number of hydrazone groups is 1. The van der Waals surface area contributed by atoms with E-state index in [0.717, 1.165) is 11.3 Å². The van der Waals surface area contributed by atoms with E-state index in [0.29, 0.717) is 29.0 Å². The van der Waals surface area contributed by atoms with Gasteiger partial charge in [0.1, 0.15) is 11.5 Å². The van der Waals surface area contributed by atoms with Gasteiger partial charge < -0.3 is 19.7 Å². The predicted molar refractivity (Wildman–Crippen MR) is 106 cm³/mol. The lowest BCUT2D eigenvalue weighted by molar-refractivity contribution is 0.394. The van der Waals surface area contributed by atoms with Gasteiger partial charge in [0.05, 0.1) is 26.1 Å². The van der Waals surface area contributed by atoms with Gasteiger partial charge in [-0.15, -0.1) is 10.2 Å². The second-order valence-corrected chi connectivity index (χ2v) is 5.84. The molecule has 2 N–H and O–H groups in total. The van der Waals surface area contributed by atoms with Gasteiger partial charge >= 0.3 is 0 Å². The number of hydrogen-bond donors (Lipinski definition) is 2. The fourth-order valence-electron chi connectivity index (χ4n) is 2.75. The highest BCUT2D eigenvalue weighted by Crippen LogP contribution is 2.38. The Balaban J connectivity index is 1.53. The van der Waals surface area contributed by atoms with E-state index in [1.165, 1.54) is 0 Å². The summed E-state index contributed by atoms with van der Waals surface area (Å²) in [6.45, 7) is 0. The Labute approximate surface area is 161 Å². The van der Waals surface area contributed by atoms with E-state index < -0.39 is 0 Å². The summed E-state index contributed by atoms with van der Waals surface area (Å²) >= 11 is 0. The van der Waals surface area contributed by atoms with Crippen LogP contribution in [0.4, 0.5) is 29.1 Å². The van der Waals surface area contributed by atoms with E-state index in [1.807, 2.05) is 36.2 Å². The number of methoxy groups -OCH3 is 2. The van der Waals surface area contributed by atoms with Crippen LogP contribution >= 0.6 is 0 Å². The number of fused-ring (bicyclic) bond motifs is 2. The predicted octanol–water partition coefficient (Wildman–Crippen LogP) is 2.55. The van der Waals surface area contributed by atoms with Crippen molar-refractivity contribution in [3.63, 3.8) is 0 Å². The molecule has 0 fully saturated rings. The zero-order valence-electron chi connectivity index (χ0n) is 15.5. The average Bonchev–Trinajstić information content (AvgIpc) is 2.74. The van der Waals surface area contributed by atoms with Crippen LogP contribution in [0.1, 0.15) is 5.56 Å². The zero-order chi connectivity index (χ0) is 19.5. The van der Waals surface area contributed by atoms with Gasteiger partial charge in [-0.05, 0) is 24.3 Å². The first-order valence-electron chi connectivity index (χ1n) is 8.41. The Hall–Kier alpha value is -3.95. The minimum Gasteiger partial charge on any atom is -0.497 e. The van der Waals surface area contributed by atoms with Gasteiger partial charge in [0, 0.05) is 24.9 Å². The molecule has 0 saturated heterocycles. The number of aromatic nitrogens is 4. The molecule has 2 aromatic heterocycles. The molecule has 0 bridgehead atoms. The average molecular weight is 378 g/mol. The number of nitrogens with zero attached hydrogens (tertiary/aromatic N) is 6. The molecule has 142 valence electrons. The standard InChI is InChI=1S/C18H18N8O2/c1-26-13-5-4-8-19-15(13)21-16-17(26)22-18(25-23-16)24-20-10-11-6-7-12(27-2)9-14(11)28-3/h4-10H,1-3H3,(H,19,21,23)(H,22,24,25). The number of hydrogen-bond acceptors (Lipinski definition) is 10. The van der Waals surface area contributed by atoms with Crippen molar-refractivity contribution in [1.29, 1.82) is 0 Å². The fraction of sp³-hybridized carbons (Fsp3) is 0.167. The molecule has 10 nitrogen and oxygen atoms in total. The molecule has 1 aliphatic heterocycles. The first-order chi connectivity index (χ1) is 13.7. The van der Waals surface area contributed by atoms with E-state index in [2.05, 4.69) is 36.0 Å². The lowest BCUT2D eigenvalue weighted by Crippen LogP contribution is -2.21. The molecule has 0 aliphatic carbocycles. The molecule has 0 saturated carbocycles. The third kappa shape index (κ3) is 3.22. The van der Waals surface area contributed by atoms with Gasteiger partial charge in [0.25, 0.3) is 5.95 Å². The van der Waals surface area contributed by atoms with Crippen molar-refractivity contribution >= 4 is 35.3 Å². The van der Waals surface area contributed by atoms with E-state index in [4.69, 9.17) is 9.47 Å². The molecule has 3 heterocycles. The van der Waals surface area contributed by atoms with Crippen molar-refractivity contribution in [2.75, 3.05) is 36.9 Å². The van der Waals surface area contributed by atoms with Crippen molar-refractivity contribution in [2.45, 2.75) is 0 Å². The second-order valence-electron chi connectivity index (χ2n) is 5.84. The van der Waals surface area contributed by atoms with Crippen LogP contribution in [0, 0.1) is 0 Å². The Morgan fingerprint density at radius 1 is 1.14 bits per heavy atom. The molecular weight excluding hydrogens is 360 g/mol. The molecule has 1 aromatic carbocycles. The molecular formula is C18H18N8O2. The van der Waals surface area contributed by atoms with Crippen molar-refractivity contribution in [2.24, 2.45) is 5.10 Å². The summed E-state index contributed by atoms with van der Waals surface area (Å²) in [6.07, 6.45) is 3.33. The van der Waals surface area contributed by atoms with E-state index >= 15 is 0 Å². The second kappa shape index (κ2) is 7.35. The highest BCUT2D eigenvalue weighted by molar-refractivity contribution is 5.86. The van der Waals surface area contributed by atoms with Crippen LogP contribution in [0.25, 0.3) is 0 Å². The SMILES string of the molecule is COc1ccc(C=NNc2nnc3c(n2)N(C)c2cccnc2N3)c(OC)c1. The monoisotopic (exact) mass is 378 g/mol. The largest absolute Gasteiger partial charge is 0.497 e. The van der Waals surface area contributed by atoms with Gasteiger partial charge in [-0.1, -0.05) is 0 Å². The molecule has 28 heavy (non-hydrogen) atoms. The van der Waals surface area contributed by atoms with Gasteiger partial charge in [-0.2, -0.15) is 10.1 Å². The maximum atomic E-state index is 5.35. The quantitative estimate of drug-likeness (QED) is 0.511. The summed E-state index contributed by atoms with van der Waals surface area (Å²) in [7, 11) is 5.08. The normalized spacial score (nSPS) is 12.2. The van der Waals surface area contributed by atoms with Crippen LogP contribution in [0.15, 0.2) is 41.6 Å². The van der Waals surface area contributed by atoms with Gasteiger partial charge in [-0.25, -0.2) is 10.4 Å². The minimum absolute atomic E-state index is 0.267. The van der Waals surface area contributed by atoms with Crippen molar-refractivity contribution < 1.29 is 9.47 Å². The molecule has 1 aliphatic rings. The molecule has 3 aromatic rings. The van der Waals surface area contributed by atoms with Crippen molar-refractivity contribution in [3.8, 4) is 11.5 Å². The smallest absolute Gasteiger partial charge is 0.265 e. The number of rotatable bonds is 5. The van der Waals surface area contributed by atoms with Crippen LogP contribution < -0.4 is 25.1 Å². The van der Waals surface area contributed by atoms with Gasteiger partial charge in [0.2, 0.25) is 0 Å². The van der Waals surface area contributed by atoms with Crippen molar-refractivity contribution in [3.05, 3.63) is 42.1 Å². The summed E-state index contributed by atoms with van der Waals surface area (Å²) in [5, 5.41) is 15.5. The maximum Gasteiger partial charge on any atom is 0.265 e. The third-order valence-corrected chi connectivity index (χ3v) is 4.18. The molecule has 0 radical (unpaired) electrons. The summed E-state index contributed by atoms with van der Waals surface area (Å²) in [6, 6.07) is 9.26. The number of nitrogens with one attached hydrogen (secondary N) is 2. The van der Waals surface area contributed by atoms with Crippen molar-refractivity contribution in [1.82, 2.24) is 20.2 Å². The molecule has 0 unspecified atom stereocenters. The Bertz CT molecular complexity index is 1040. The molecule has 0 spiro atoms. The topological polar surface area (TPSA) is 110 Å². The Morgan fingerprint density at radius 2 is 2.04 bits per heavy atom. The maximum absolute atomic E-state index is 5.35. The van der Waals surface area contributed by atoms with Crippen LogP contribution in [0.2, 0.25) is 0 Å². The first-order valence-corrected chi connectivity index (χ1v) is 8.41. The lowest BCUT2D eigenvalue weighted by Gasteiger charge is -2.27. The Kier molecular flexibility index (Phi) is 4.58. The van der Waals surface area contributed by atoms with Crippen LogP contribution in [0.5, 0.6) is 11.5 Å². The van der Waals surface area contributed by atoms with Crippen LogP contribution in [-0.4, -0.2) is 47.6 Å². The molecule has 0 atom stereocenters.